The fourth-order valence-corrected chi connectivity index (χ4v) is 3.68. The van der Waals surface area contributed by atoms with E-state index in [0.717, 1.165) is 18.8 Å². The number of esters is 1. The number of nitrogens with one attached hydrogen (secondary N) is 2. The summed E-state index contributed by atoms with van der Waals surface area (Å²) in [5, 5.41) is 14.5. The molecule has 0 aliphatic carbocycles. The zero-order valence-electron chi connectivity index (χ0n) is 19.8. The number of amides is 2. The number of nitrogens with zero attached hydrogens (tertiary/aromatic N) is 2. The van der Waals surface area contributed by atoms with Crippen LogP contribution in [0.2, 0.25) is 0 Å². The second-order valence-corrected chi connectivity index (χ2v) is 7.94. The molecular weight excluding hydrogens is 448 g/mol. The highest BCUT2D eigenvalue weighted by molar-refractivity contribution is 5.98. The number of benzene rings is 2. The third-order valence-corrected chi connectivity index (χ3v) is 5.40. The third-order valence-electron chi connectivity index (χ3n) is 5.40. The lowest BCUT2D eigenvalue weighted by atomic mass is 10.1. The molecule has 0 atom stereocenters. The van der Waals surface area contributed by atoms with Crippen LogP contribution in [-0.2, 0) is 14.3 Å². The van der Waals surface area contributed by atoms with E-state index in [2.05, 4.69) is 15.5 Å². The summed E-state index contributed by atoms with van der Waals surface area (Å²) in [7, 11) is 1.21. The van der Waals surface area contributed by atoms with Crippen LogP contribution in [0.5, 0.6) is 5.75 Å². The largest absolute Gasteiger partial charge is 0.491 e. The van der Waals surface area contributed by atoms with Gasteiger partial charge in [0.05, 0.1) is 25.3 Å². The fourth-order valence-electron chi connectivity index (χ4n) is 3.68. The molecule has 9 nitrogen and oxygen atoms in total. The van der Waals surface area contributed by atoms with Crippen molar-refractivity contribution in [2.75, 3.05) is 38.3 Å². The molecule has 182 valence electrons. The van der Waals surface area contributed by atoms with E-state index in [0.29, 0.717) is 22.4 Å². The molecule has 2 aromatic rings. The van der Waals surface area contributed by atoms with Crippen molar-refractivity contribution >= 4 is 29.5 Å². The molecule has 35 heavy (non-hydrogen) atoms. The minimum atomic E-state index is -0.724. The van der Waals surface area contributed by atoms with Crippen LogP contribution in [0.3, 0.4) is 0 Å². The predicted molar refractivity (Wildman–Crippen MR) is 131 cm³/mol. The van der Waals surface area contributed by atoms with E-state index < -0.39 is 11.9 Å². The molecule has 1 aliphatic rings. The van der Waals surface area contributed by atoms with Crippen LogP contribution < -0.4 is 20.3 Å². The molecule has 2 amide bonds. The van der Waals surface area contributed by atoms with Crippen molar-refractivity contribution < 1.29 is 23.9 Å². The van der Waals surface area contributed by atoms with E-state index >= 15 is 0 Å². The van der Waals surface area contributed by atoms with Crippen molar-refractivity contribution in [3.63, 3.8) is 0 Å². The lowest BCUT2D eigenvalue weighted by Crippen LogP contribution is -2.28. The second-order valence-electron chi connectivity index (χ2n) is 7.94. The Hall–Kier alpha value is -4.32. The van der Waals surface area contributed by atoms with Gasteiger partial charge in [0.25, 0.3) is 5.91 Å². The number of carbonyl (C=O) groups excluding carboxylic acids is 3. The van der Waals surface area contributed by atoms with Gasteiger partial charge in [0, 0.05) is 36.8 Å². The first-order valence-corrected chi connectivity index (χ1v) is 11.3. The maximum atomic E-state index is 12.5. The van der Waals surface area contributed by atoms with E-state index in [1.54, 1.807) is 24.3 Å². The van der Waals surface area contributed by atoms with Gasteiger partial charge in [-0.15, -0.1) is 0 Å². The first-order chi connectivity index (χ1) is 16.9. The van der Waals surface area contributed by atoms with Gasteiger partial charge in [-0.05, 0) is 61.4 Å². The number of rotatable bonds is 9. The summed E-state index contributed by atoms with van der Waals surface area (Å²) in [6.07, 6.45) is 3.78. The molecule has 1 aliphatic heterocycles. The summed E-state index contributed by atoms with van der Waals surface area (Å²) >= 11 is 0. The summed E-state index contributed by atoms with van der Waals surface area (Å²) in [5.41, 5.74) is 2.42. The number of ether oxygens (including phenoxy) is 2. The number of anilines is 1. The Bertz CT molecular complexity index is 1150. The average Bonchev–Trinajstić information content (AvgIpc) is 3.41. The molecule has 3 rings (SSSR count). The average molecular weight is 477 g/mol. The molecule has 2 aromatic carbocycles. The summed E-state index contributed by atoms with van der Waals surface area (Å²) in [6.45, 7) is 3.71. The van der Waals surface area contributed by atoms with Crippen molar-refractivity contribution in [3.8, 4) is 11.8 Å². The Balaban J connectivity index is 1.63. The number of carbonyl (C=O) groups is 3. The summed E-state index contributed by atoms with van der Waals surface area (Å²) < 4.78 is 10.5. The van der Waals surface area contributed by atoms with Crippen LogP contribution in [0, 0.1) is 11.3 Å². The lowest BCUT2D eigenvalue weighted by molar-refractivity contribution is -0.137. The Morgan fingerprint density at radius 2 is 1.83 bits per heavy atom. The maximum Gasteiger partial charge on any atom is 0.354 e. The Kier molecular flexibility index (Phi) is 8.84. The quantitative estimate of drug-likeness (QED) is 0.324. The van der Waals surface area contributed by atoms with Crippen molar-refractivity contribution in [1.82, 2.24) is 10.6 Å². The Morgan fingerprint density at radius 1 is 1.11 bits per heavy atom. The highest BCUT2D eigenvalue weighted by Gasteiger charge is 2.15. The van der Waals surface area contributed by atoms with Crippen LogP contribution in [0.15, 0.2) is 48.2 Å². The fraction of sp³-hybridized carbons (Fsp3) is 0.308. The molecule has 0 unspecified atom stereocenters. The molecule has 0 bridgehead atoms. The van der Waals surface area contributed by atoms with Gasteiger partial charge in [0.15, 0.2) is 0 Å². The third kappa shape index (κ3) is 7.08. The first kappa shape index (κ1) is 25.3. The topological polar surface area (TPSA) is 121 Å². The van der Waals surface area contributed by atoms with E-state index in [-0.39, 0.29) is 24.8 Å². The van der Waals surface area contributed by atoms with Crippen LogP contribution in [0.4, 0.5) is 5.69 Å². The zero-order chi connectivity index (χ0) is 25.2. The van der Waals surface area contributed by atoms with Crippen LogP contribution in [-0.4, -0.2) is 51.1 Å². The Labute approximate surface area is 204 Å². The lowest BCUT2D eigenvalue weighted by Gasteiger charge is -2.17. The summed E-state index contributed by atoms with van der Waals surface area (Å²) in [5.74, 6) is -1.06. The van der Waals surface area contributed by atoms with Crippen LogP contribution in [0.1, 0.15) is 41.3 Å². The van der Waals surface area contributed by atoms with E-state index in [9.17, 15) is 19.6 Å². The Morgan fingerprint density at radius 3 is 2.46 bits per heavy atom. The monoisotopic (exact) mass is 476 g/mol. The molecule has 1 saturated heterocycles. The van der Waals surface area contributed by atoms with Crippen molar-refractivity contribution in [3.05, 3.63) is 64.9 Å². The van der Waals surface area contributed by atoms with E-state index in [1.807, 2.05) is 18.2 Å². The standard InChI is InChI=1S/C26H28N4O5/c1-18(31)29-23(26(33)34-2)16-21-6-5-19(17-27)15-24(21)35-14-11-28-25(32)20-7-9-22(10-8-20)30-12-3-4-13-30/h5-10,15-16H,3-4,11-14H2,1-2H3,(H,28,32)(H,29,31). The SMILES string of the molecule is COC(=O)C(=Cc1ccc(C#N)cc1OCCNC(=O)c1ccc(N2CCCC2)cc1)NC(C)=O. The smallest absolute Gasteiger partial charge is 0.354 e. The van der Waals surface area contributed by atoms with Crippen LogP contribution >= 0.6 is 0 Å². The number of nitriles is 1. The highest BCUT2D eigenvalue weighted by atomic mass is 16.5. The van der Waals surface area contributed by atoms with Crippen molar-refractivity contribution in [2.45, 2.75) is 19.8 Å². The van der Waals surface area contributed by atoms with Gasteiger partial charge in [0.1, 0.15) is 18.1 Å². The number of hydrogen-bond acceptors (Lipinski definition) is 7. The van der Waals surface area contributed by atoms with Gasteiger partial charge in [-0.2, -0.15) is 5.26 Å². The first-order valence-electron chi connectivity index (χ1n) is 11.3. The highest BCUT2D eigenvalue weighted by Crippen LogP contribution is 2.23. The molecule has 0 saturated carbocycles. The molecule has 0 aromatic heterocycles. The molecule has 0 radical (unpaired) electrons. The molecule has 0 spiro atoms. The molecule has 9 heteroatoms. The van der Waals surface area contributed by atoms with Gasteiger partial charge < -0.3 is 25.0 Å². The molecule has 2 N–H and O–H groups in total. The zero-order valence-corrected chi connectivity index (χ0v) is 19.8. The summed E-state index contributed by atoms with van der Waals surface area (Å²) in [4.78, 5) is 38.2. The van der Waals surface area contributed by atoms with Gasteiger partial charge in [0.2, 0.25) is 5.91 Å². The minimum absolute atomic E-state index is 0.0692. The summed E-state index contributed by atoms with van der Waals surface area (Å²) in [6, 6.07) is 14.2. The normalized spacial score (nSPS) is 13.1. The van der Waals surface area contributed by atoms with Crippen molar-refractivity contribution in [2.24, 2.45) is 0 Å². The molecule has 1 heterocycles. The number of methoxy groups -OCH3 is 1. The second kappa shape index (κ2) is 12.2. The van der Waals surface area contributed by atoms with Gasteiger partial charge in [-0.3, -0.25) is 9.59 Å². The van der Waals surface area contributed by atoms with E-state index in [1.165, 1.54) is 39.0 Å². The minimum Gasteiger partial charge on any atom is -0.491 e. The maximum absolute atomic E-state index is 12.5. The predicted octanol–water partition coefficient (Wildman–Crippen LogP) is 2.62. The van der Waals surface area contributed by atoms with E-state index in [4.69, 9.17) is 9.47 Å². The molecular formula is C26H28N4O5. The van der Waals surface area contributed by atoms with Gasteiger partial charge in [-0.1, -0.05) is 0 Å². The number of hydrogen-bond donors (Lipinski definition) is 2. The van der Waals surface area contributed by atoms with Crippen molar-refractivity contribution in [1.29, 1.82) is 5.26 Å². The van der Waals surface area contributed by atoms with Gasteiger partial charge >= 0.3 is 5.97 Å². The molecule has 1 fully saturated rings. The van der Waals surface area contributed by atoms with Gasteiger partial charge in [-0.25, -0.2) is 4.79 Å². The van der Waals surface area contributed by atoms with Crippen LogP contribution in [0.25, 0.3) is 6.08 Å².